The third-order valence-corrected chi connectivity index (χ3v) is 2.78. The van der Waals surface area contributed by atoms with E-state index in [9.17, 15) is 4.79 Å². The van der Waals surface area contributed by atoms with Gasteiger partial charge in [-0.25, -0.2) is 0 Å². The van der Waals surface area contributed by atoms with Gasteiger partial charge in [0.05, 0.1) is 0 Å². The number of rotatable bonds is 2. The van der Waals surface area contributed by atoms with E-state index in [0.717, 1.165) is 19.5 Å². The van der Waals surface area contributed by atoms with E-state index in [2.05, 4.69) is 24.2 Å². The lowest BCUT2D eigenvalue weighted by Gasteiger charge is -2.35. The second-order valence-electron chi connectivity index (χ2n) is 4.06. The molecule has 0 aromatic rings. The molecule has 0 aromatic heterocycles. The molecule has 0 aromatic carbocycles. The number of amides is 1. The molecular weight excluding hydrogens is 164 g/mol. The number of hydrogen-bond donors (Lipinski definition) is 1. The Labute approximate surface area is 80.5 Å². The molecule has 0 aliphatic carbocycles. The third-order valence-electron chi connectivity index (χ3n) is 2.78. The van der Waals surface area contributed by atoms with Crippen molar-refractivity contribution in [1.82, 2.24) is 10.2 Å². The maximum absolute atomic E-state index is 11.2. The average molecular weight is 184 g/mol. The van der Waals surface area contributed by atoms with Gasteiger partial charge in [-0.3, -0.25) is 4.79 Å². The number of piperidine rings is 1. The van der Waals surface area contributed by atoms with E-state index in [1.165, 1.54) is 0 Å². The summed E-state index contributed by atoms with van der Waals surface area (Å²) in [5, 5.41) is 3.07. The average Bonchev–Trinajstić information content (AvgIpc) is 2.09. The summed E-state index contributed by atoms with van der Waals surface area (Å²) in [6.45, 7) is 6.29. The maximum Gasteiger partial charge on any atom is 0.219 e. The zero-order valence-corrected chi connectivity index (χ0v) is 8.84. The minimum atomic E-state index is 0.182. The molecule has 13 heavy (non-hydrogen) atoms. The maximum atomic E-state index is 11.2. The highest BCUT2D eigenvalue weighted by Crippen LogP contribution is 2.15. The number of likely N-dealkylation sites (tertiary alicyclic amines) is 1. The predicted octanol–water partition coefficient (Wildman–Crippen LogP) is 0.853. The van der Waals surface area contributed by atoms with Crippen molar-refractivity contribution in [2.75, 3.05) is 20.1 Å². The zero-order valence-electron chi connectivity index (χ0n) is 8.84. The fourth-order valence-corrected chi connectivity index (χ4v) is 1.88. The molecule has 1 amide bonds. The van der Waals surface area contributed by atoms with Crippen LogP contribution in [-0.4, -0.2) is 37.0 Å². The van der Waals surface area contributed by atoms with Crippen molar-refractivity contribution in [3.63, 3.8) is 0 Å². The minimum Gasteiger partial charge on any atom is -0.353 e. The van der Waals surface area contributed by atoms with Crippen molar-refractivity contribution < 1.29 is 4.79 Å². The second kappa shape index (κ2) is 4.61. The van der Waals surface area contributed by atoms with Crippen LogP contribution in [0.1, 0.15) is 26.7 Å². The van der Waals surface area contributed by atoms with Gasteiger partial charge in [-0.1, -0.05) is 13.8 Å². The molecule has 1 aliphatic heterocycles. The molecule has 1 rings (SSSR count). The van der Waals surface area contributed by atoms with Crippen LogP contribution >= 0.6 is 0 Å². The van der Waals surface area contributed by atoms with E-state index in [4.69, 9.17) is 0 Å². The molecule has 1 aliphatic rings. The highest BCUT2D eigenvalue weighted by Gasteiger charge is 2.24. The molecule has 1 N–H and O–H groups in total. The lowest BCUT2D eigenvalue weighted by molar-refractivity contribution is -0.122. The highest BCUT2D eigenvalue weighted by molar-refractivity contribution is 5.75. The number of carbonyl (C=O) groups is 1. The summed E-state index contributed by atoms with van der Waals surface area (Å²) in [6, 6.07) is 0.392. The van der Waals surface area contributed by atoms with Crippen LogP contribution in [0.4, 0.5) is 0 Å². The smallest absolute Gasteiger partial charge is 0.219 e. The van der Waals surface area contributed by atoms with Crippen molar-refractivity contribution in [2.45, 2.75) is 32.7 Å². The number of nitrogens with one attached hydrogen (secondary N) is 1. The van der Waals surface area contributed by atoms with Crippen molar-refractivity contribution in [3.8, 4) is 0 Å². The van der Waals surface area contributed by atoms with Gasteiger partial charge in [-0.05, 0) is 25.9 Å². The summed E-state index contributed by atoms with van der Waals surface area (Å²) in [5.74, 6) is 0.760. The first-order valence-electron chi connectivity index (χ1n) is 5.11. The number of hydrogen-bond acceptors (Lipinski definition) is 2. The van der Waals surface area contributed by atoms with Crippen LogP contribution < -0.4 is 5.32 Å². The van der Waals surface area contributed by atoms with Gasteiger partial charge in [0.15, 0.2) is 0 Å². The van der Waals surface area contributed by atoms with Gasteiger partial charge in [-0.2, -0.15) is 0 Å². The zero-order chi connectivity index (χ0) is 9.84. The van der Waals surface area contributed by atoms with Gasteiger partial charge in [0.2, 0.25) is 5.91 Å². The molecule has 3 nitrogen and oxygen atoms in total. The molecule has 0 radical (unpaired) electrons. The van der Waals surface area contributed by atoms with Crippen LogP contribution in [0.2, 0.25) is 0 Å². The molecule has 2 atom stereocenters. The van der Waals surface area contributed by atoms with Gasteiger partial charge in [-0.15, -0.1) is 0 Å². The number of carbonyl (C=O) groups excluding carboxylic acids is 1. The topological polar surface area (TPSA) is 32.3 Å². The summed E-state index contributed by atoms with van der Waals surface area (Å²) in [6.07, 6.45) is 1.68. The lowest BCUT2D eigenvalue weighted by Crippen LogP contribution is -2.48. The van der Waals surface area contributed by atoms with Crippen molar-refractivity contribution in [2.24, 2.45) is 5.92 Å². The second-order valence-corrected chi connectivity index (χ2v) is 4.06. The fraction of sp³-hybridized carbons (Fsp3) is 0.900. The van der Waals surface area contributed by atoms with Crippen molar-refractivity contribution in [3.05, 3.63) is 0 Å². The molecule has 76 valence electrons. The molecule has 1 fully saturated rings. The SMILES string of the molecule is CCC(=O)NC1CCN(C)CC1C. The van der Waals surface area contributed by atoms with Gasteiger partial charge >= 0.3 is 0 Å². The van der Waals surface area contributed by atoms with Crippen LogP contribution in [0.5, 0.6) is 0 Å². The van der Waals surface area contributed by atoms with Crippen LogP contribution in [0.15, 0.2) is 0 Å². The molecule has 0 bridgehead atoms. The standard InChI is InChI=1S/C10H20N2O/c1-4-10(13)11-9-5-6-12(3)7-8(9)2/h8-9H,4-7H2,1-3H3,(H,11,13). The van der Waals surface area contributed by atoms with E-state index in [1.54, 1.807) is 0 Å². The Kier molecular flexibility index (Phi) is 3.72. The summed E-state index contributed by atoms with van der Waals surface area (Å²) < 4.78 is 0. The highest BCUT2D eigenvalue weighted by atomic mass is 16.1. The Morgan fingerprint density at radius 2 is 2.31 bits per heavy atom. The molecule has 0 spiro atoms. The summed E-state index contributed by atoms with van der Waals surface area (Å²) in [4.78, 5) is 13.5. The normalized spacial score (nSPS) is 30.1. The summed E-state index contributed by atoms with van der Waals surface area (Å²) in [7, 11) is 2.13. The van der Waals surface area contributed by atoms with Crippen LogP contribution in [0, 0.1) is 5.92 Å². The first kappa shape index (κ1) is 10.5. The summed E-state index contributed by atoms with van der Waals surface area (Å²) in [5.41, 5.74) is 0. The Balaban J connectivity index is 2.38. The van der Waals surface area contributed by atoms with E-state index >= 15 is 0 Å². The van der Waals surface area contributed by atoms with Crippen LogP contribution in [0.3, 0.4) is 0 Å². The van der Waals surface area contributed by atoms with Crippen LogP contribution in [0.25, 0.3) is 0 Å². The van der Waals surface area contributed by atoms with E-state index < -0.39 is 0 Å². The molecule has 1 saturated heterocycles. The van der Waals surface area contributed by atoms with E-state index in [-0.39, 0.29) is 5.91 Å². The monoisotopic (exact) mass is 184 g/mol. The molecule has 2 unspecified atom stereocenters. The van der Waals surface area contributed by atoms with Crippen molar-refractivity contribution in [1.29, 1.82) is 0 Å². The largest absolute Gasteiger partial charge is 0.353 e. The molecular formula is C10H20N2O. The fourth-order valence-electron chi connectivity index (χ4n) is 1.88. The number of nitrogens with zero attached hydrogens (tertiary/aromatic N) is 1. The van der Waals surface area contributed by atoms with Crippen molar-refractivity contribution >= 4 is 5.91 Å². The molecule has 3 heteroatoms. The van der Waals surface area contributed by atoms with Gasteiger partial charge in [0.1, 0.15) is 0 Å². The first-order chi connectivity index (χ1) is 6.13. The molecule has 1 heterocycles. The minimum absolute atomic E-state index is 0.182. The third kappa shape index (κ3) is 2.99. The summed E-state index contributed by atoms with van der Waals surface area (Å²) >= 11 is 0. The van der Waals surface area contributed by atoms with Gasteiger partial charge < -0.3 is 10.2 Å². The quantitative estimate of drug-likeness (QED) is 0.690. The Hall–Kier alpha value is -0.570. The lowest BCUT2D eigenvalue weighted by atomic mass is 9.94. The van der Waals surface area contributed by atoms with Gasteiger partial charge in [0.25, 0.3) is 0 Å². The predicted molar refractivity (Wildman–Crippen MR) is 53.5 cm³/mol. The molecule has 0 saturated carbocycles. The van der Waals surface area contributed by atoms with E-state index in [0.29, 0.717) is 18.4 Å². The van der Waals surface area contributed by atoms with E-state index in [1.807, 2.05) is 6.92 Å². The Morgan fingerprint density at radius 1 is 1.62 bits per heavy atom. The van der Waals surface area contributed by atoms with Gasteiger partial charge in [0, 0.05) is 19.0 Å². The van der Waals surface area contributed by atoms with Crippen LogP contribution in [-0.2, 0) is 4.79 Å². The first-order valence-corrected chi connectivity index (χ1v) is 5.11. The Bertz CT molecular complexity index is 182. The Morgan fingerprint density at radius 3 is 2.85 bits per heavy atom.